The summed E-state index contributed by atoms with van der Waals surface area (Å²) in [7, 11) is -2.82. The van der Waals surface area contributed by atoms with Gasteiger partial charge in [0.2, 0.25) is 0 Å². The molecule has 3 nitrogen and oxygen atoms in total. The Bertz CT molecular complexity index is 245. The largest absolute Gasteiger partial charge is 0.311 e. The lowest BCUT2D eigenvalue weighted by atomic mass is 9.99. The second-order valence-corrected chi connectivity index (χ2v) is 6.77. The highest BCUT2D eigenvalue weighted by atomic mass is 32.2. The van der Waals surface area contributed by atoms with Gasteiger partial charge in [-0.1, -0.05) is 20.3 Å². The molecule has 0 bridgehead atoms. The molecule has 0 aromatic carbocycles. The smallest absolute Gasteiger partial charge is 0.151 e. The molecule has 0 saturated heterocycles. The fourth-order valence-corrected chi connectivity index (χ4v) is 2.10. The minimum Gasteiger partial charge on any atom is -0.311 e. The van der Waals surface area contributed by atoms with Gasteiger partial charge < -0.3 is 5.32 Å². The van der Waals surface area contributed by atoms with E-state index in [-0.39, 0.29) is 17.0 Å². The molecule has 0 atom stereocenters. The fourth-order valence-electron chi connectivity index (χ4n) is 1.40. The van der Waals surface area contributed by atoms with E-state index in [0.29, 0.717) is 6.54 Å². The van der Waals surface area contributed by atoms with Crippen molar-refractivity contribution in [2.24, 2.45) is 0 Å². The SMILES string of the molecule is CCCC(C)(C)NCCS(=O)(=O)CC. The van der Waals surface area contributed by atoms with Crippen molar-refractivity contribution in [3.63, 3.8) is 0 Å². The van der Waals surface area contributed by atoms with Gasteiger partial charge in [0.25, 0.3) is 0 Å². The van der Waals surface area contributed by atoms with Crippen LogP contribution in [0.4, 0.5) is 0 Å². The standard InChI is InChI=1S/C10H23NO2S/c1-5-7-10(3,4)11-8-9-14(12,13)6-2/h11H,5-9H2,1-4H3. The van der Waals surface area contributed by atoms with E-state index in [9.17, 15) is 8.42 Å². The first-order valence-corrected chi connectivity index (χ1v) is 7.10. The predicted octanol–water partition coefficient (Wildman–Crippen LogP) is 1.59. The van der Waals surface area contributed by atoms with Crippen LogP contribution in [0, 0.1) is 0 Å². The zero-order valence-corrected chi connectivity index (χ0v) is 10.6. The maximum Gasteiger partial charge on any atom is 0.151 e. The maximum absolute atomic E-state index is 11.2. The van der Waals surface area contributed by atoms with Gasteiger partial charge in [-0.25, -0.2) is 8.42 Å². The fraction of sp³-hybridized carbons (Fsp3) is 1.00. The summed E-state index contributed by atoms with van der Waals surface area (Å²) in [4.78, 5) is 0. The Balaban J connectivity index is 3.85. The van der Waals surface area contributed by atoms with Crippen molar-refractivity contribution < 1.29 is 8.42 Å². The molecule has 0 aromatic rings. The molecule has 0 heterocycles. The molecule has 0 saturated carbocycles. The average Bonchev–Trinajstić information content (AvgIpc) is 2.03. The van der Waals surface area contributed by atoms with Crippen LogP contribution in [0.25, 0.3) is 0 Å². The molecule has 4 heteroatoms. The Kier molecular flexibility index (Phi) is 5.67. The molecule has 0 fully saturated rings. The van der Waals surface area contributed by atoms with Crippen LogP contribution in [-0.2, 0) is 9.84 Å². The summed E-state index contributed by atoms with van der Waals surface area (Å²) in [6.45, 7) is 8.59. The highest BCUT2D eigenvalue weighted by molar-refractivity contribution is 7.91. The van der Waals surface area contributed by atoms with Gasteiger partial charge >= 0.3 is 0 Å². The van der Waals surface area contributed by atoms with Gasteiger partial charge in [0.05, 0.1) is 5.75 Å². The highest BCUT2D eigenvalue weighted by Crippen LogP contribution is 2.09. The summed E-state index contributed by atoms with van der Waals surface area (Å²) in [5.74, 6) is 0.486. The number of hydrogen-bond acceptors (Lipinski definition) is 3. The molecule has 0 aliphatic carbocycles. The Morgan fingerprint density at radius 3 is 2.21 bits per heavy atom. The third kappa shape index (κ3) is 6.38. The number of rotatable bonds is 7. The van der Waals surface area contributed by atoms with Gasteiger partial charge in [-0.15, -0.1) is 0 Å². The van der Waals surface area contributed by atoms with Crippen LogP contribution < -0.4 is 5.32 Å². The third-order valence-corrected chi connectivity index (χ3v) is 4.04. The number of nitrogens with one attached hydrogen (secondary N) is 1. The molecular formula is C10H23NO2S. The molecule has 86 valence electrons. The van der Waals surface area contributed by atoms with E-state index < -0.39 is 9.84 Å². The average molecular weight is 221 g/mol. The van der Waals surface area contributed by atoms with Crippen LogP contribution in [0.1, 0.15) is 40.5 Å². The second kappa shape index (κ2) is 5.71. The van der Waals surface area contributed by atoms with Crippen molar-refractivity contribution in [2.45, 2.75) is 46.1 Å². The van der Waals surface area contributed by atoms with E-state index in [1.165, 1.54) is 0 Å². The van der Waals surface area contributed by atoms with Crippen LogP contribution in [-0.4, -0.2) is 32.0 Å². The topological polar surface area (TPSA) is 46.2 Å². The minimum absolute atomic E-state index is 0.0536. The van der Waals surface area contributed by atoms with E-state index in [1.54, 1.807) is 6.92 Å². The lowest BCUT2D eigenvalue weighted by molar-refractivity contribution is 0.368. The molecule has 0 rings (SSSR count). The first-order chi connectivity index (χ1) is 6.33. The molecule has 0 spiro atoms. The molecule has 0 aromatic heterocycles. The van der Waals surface area contributed by atoms with E-state index in [0.717, 1.165) is 12.8 Å². The number of sulfone groups is 1. The quantitative estimate of drug-likeness (QED) is 0.710. The van der Waals surface area contributed by atoms with Crippen molar-refractivity contribution >= 4 is 9.84 Å². The molecule has 0 radical (unpaired) electrons. The molecule has 14 heavy (non-hydrogen) atoms. The number of hydrogen-bond donors (Lipinski definition) is 1. The Hall–Kier alpha value is -0.0900. The van der Waals surface area contributed by atoms with Gasteiger partial charge in [-0.05, 0) is 20.3 Å². The molecule has 0 unspecified atom stereocenters. The van der Waals surface area contributed by atoms with Crippen LogP contribution in [0.15, 0.2) is 0 Å². The zero-order valence-electron chi connectivity index (χ0n) is 9.76. The predicted molar refractivity (Wildman–Crippen MR) is 61.3 cm³/mol. The summed E-state index contributed by atoms with van der Waals surface area (Å²) in [6, 6.07) is 0. The van der Waals surface area contributed by atoms with E-state index in [2.05, 4.69) is 26.1 Å². The summed E-state index contributed by atoms with van der Waals surface area (Å²) in [5.41, 5.74) is 0.0536. The van der Waals surface area contributed by atoms with Crippen LogP contribution >= 0.6 is 0 Å². The van der Waals surface area contributed by atoms with Crippen LogP contribution in [0.2, 0.25) is 0 Å². The van der Waals surface area contributed by atoms with Gasteiger partial charge in [0.15, 0.2) is 9.84 Å². The van der Waals surface area contributed by atoms with Crippen molar-refractivity contribution in [3.8, 4) is 0 Å². The van der Waals surface area contributed by atoms with E-state index >= 15 is 0 Å². The van der Waals surface area contributed by atoms with E-state index in [1.807, 2.05) is 0 Å². The van der Waals surface area contributed by atoms with Gasteiger partial charge in [-0.3, -0.25) is 0 Å². The summed E-state index contributed by atoms with van der Waals surface area (Å²) in [5, 5.41) is 3.27. The van der Waals surface area contributed by atoms with Crippen molar-refractivity contribution in [3.05, 3.63) is 0 Å². The molecule has 1 N–H and O–H groups in total. The summed E-state index contributed by atoms with van der Waals surface area (Å²) >= 11 is 0. The van der Waals surface area contributed by atoms with Gasteiger partial charge in [0, 0.05) is 17.8 Å². The highest BCUT2D eigenvalue weighted by Gasteiger charge is 2.16. The third-order valence-electron chi connectivity index (χ3n) is 2.33. The van der Waals surface area contributed by atoms with Crippen molar-refractivity contribution in [1.29, 1.82) is 0 Å². The Labute approximate surface area is 88.2 Å². The Morgan fingerprint density at radius 2 is 1.79 bits per heavy atom. The zero-order chi connectivity index (χ0) is 11.2. The summed E-state index contributed by atoms with van der Waals surface area (Å²) in [6.07, 6.45) is 2.18. The lowest BCUT2D eigenvalue weighted by Crippen LogP contribution is -2.41. The minimum atomic E-state index is -2.82. The maximum atomic E-state index is 11.2. The molecular weight excluding hydrogens is 198 g/mol. The molecule has 0 amide bonds. The van der Waals surface area contributed by atoms with Gasteiger partial charge in [0.1, 0.15) is 0 Å². The molecule has 0 aliphatic heterocycles. The van der Waals surface area contributed by atoms with Crippen LogP contribution in [0.5, 0.6) is 0 Å². The van der Waals surface area contributed by atoms with E-state index in [4.69, 9.17) is 0 Å². The van der Waals surface area contributed by atoms with Crippen LogP contribution in [0.3, 0.4) is 0 Å². The normalized spacial score (nSPS) is 13.1. The van der Waals surface area contributed by atoms with Crippen molar-refractivity contribution in [1.82, 2.24) is 5.32 Å². The Morgan fingerprint density at radius 1 is 1.21 bits per heavy atom. The summed E-state index contributed by atoms with van der Waals surface area (Å²) < 4.78 is 22.4. The van der Waals surface area contributed by atoms with Gasteiger partial charge in [-0.2, -0.15) is 0 Å². The molecule has 0 aliphatic rings. The lowest BCUT2D eigenvalue weighted by Gasteiger charge is -2.25. The first-order valence-electron chi connectivity index (χ1n) is 5.28. The monoisotopic (exact) mass is 221 g/mol. The second-order valence-electron chi connectivity index (χ2n) is 4.30. The first kappa shape index (κ1) is 13.9. The van der Waals surface area contributed by atoms with Crippen molar-refractivity contribution in [2.75, 3.05) is 18.1 Å².